The molecule has 0 bridgehead atoms. The average molecular weight is 730 g/mol. The van der Waals surface area contributed by atoms with Crippen LogP contribution in [0, 0.1) is 10.8 Å². The number of rotatable bonds is 9. The number of ketones is 2. The van der Waals surface area contributed by atoms with Gasteiger partial charge in [0.25, 0.3) is 0 Å². The molecule has 0 aromatic heterocycles. The van der Waals surface area contributed by atoms with Crippen LogP contribution >= 0.6 is 31.9 Å². The molecule has 2 aliphatic carbocycles. The summed E-state index contributed by atoms with van der Waals surface area (Å²) in [4.78, 5) is 41.6. The lowest BCUT2D eigenvalue weighted by atomic mass is 9.63. The summed E-state index contributed by atoms with van der Waals surface area (Å²) in [7, 11) is 1.69. The number of aromatic carboxylic acids is 1. The Balaban J connectivity index is 1.58. The van der Waals surface area contributed by atoms with E-state index in [1.807, 2.05) is 12.1 Å². The van der Waals surface area contributed by atoms with Crippen molar-refractivity contribution in [1.82, 2.24) is 4.90 Å². The van der Waals surface area contributed by atoms with Gasteiger partial charge in [0.05, 0.1) is 14.5 Å². The molecule has 9 heteroatoms. The van der Waals surface area contributed by atoms with Crippen molar-refractivity contribution in [3.8, 4) is 5.75 Å². The fraction of sp³-hybridized carbons (Fsp3) is 0.457. The van der Waals surface area contributed by atoms with Gasteiger partial charge < -0.3 is 19.5 Å². The van der Waals surface area contributed by atoms with E-state index in [1.54, 1.807) is 31.4 Å². The number of hydrogen-bond donors (Lipinski definition) is 1. The third-order valence-corrected chi connectivity index (χ3v) is 9.87. The Morgan fingerprint density at radius 1 is 0.909 bits per heavy atom. The molecule has 44 heavy (non-hydrogen) atoms. The SMILES string of the molecule is COCCCN1C2=C(C(=O)CC(C)(C)C2)C(c2cc(Br)c(OCc3ccc(C(=O)O)cc3)c(Br)c2)C2=C1CC(C)(C)CC2=O. The van der Waals surface area contributed by atoms with Gasteiger partial charge in [0.2, 0.25) is 0 Å². The summed E-state index contributed by atoms with van der Waals surface area (Å²) in [6.45, 7) is 10.1. The van der Waals surface area contributed by atoms with Gasteiger partial charge in [0.15, 0.2) is 11.6 Å². The van der Waals surface area contributed by atoms with Crippen molar-refractivity contribution >= 4 is 49.4 Å². The molecule has 7 nitrogen and oxygen atoms in total. The fourth-order valence-corrected chi connectivity index (χ4v) is 8.25. The molecule has 1 heterocycles. The molecule has 2 aromatic rings. The number of methoxy groups -OCH3 is 1. The summed E-state index contributed by atoms with van der Waals surface area (Å²) in [5.41, 5.74) is 5.08. The van der Waals surface area contributed by atoms with Crippen molar-refractivity contribution in [2.24, 2.45) is 10.8 Å². The van der Waals surface area contributed by atoms with E-state index in [0.717, 1.165) is 52.9 Å². The van der Waals surface area contributed by atoms with Crippen molar-refractivity contribution < 1.29 is 29.0 Å². The first-order valence-electron chi connectivity index (χ1n) is 14.9. The predicted molar refractivity (Wildman–Crippen MR) is 176 cm³/mol. The summed E-state index contributed by atoms with van der Waals surface area (Å²) < 4.78 is 12.9. The molecule has 1 N–H and O–H groups in total. The minimum Gasteiger partial charge on any atom is -0.487 e. The highest BCUT2D eigenvalue weighted by Crippen LogP contribution is 2.55. The second-order valence-corrected chi connectivity index (χ2v) is 15.3. The molecule has 2 aromatic carbocycles. The van der Waals surface area contributed by atoms with Crippen molar-refractivity contribution in [1.29, 1.82) is 0 Å². The number of benzene rings is 2. The van der Waals surface area contributed by atoms with Crippen molar-refractivity contribution in [3.05, 3.63) is 84.6 Å². The van der Waals surface area contributed by atoms with Gasteiger partial charge in [-0.05, 0) is 97.3 Å². The van der Waals surface area contributed by atoms with Gasteiger partial charge in [-0.15, -0.1) is 0 Å². The Hall–Kier alpha value is -2.75. The van der Waals surface area contributed by atoms with Crippen molar-refractivity contribution in [2.45, 2.75) is 72.3 Å². The van der Waals surface area contributed by atoms with Crippen LogP contribution in [0.25, 0.3) is 0 Å². The van der Waals surface area contributed by atoms with Crippen LogP contribution < -0.4 is 4.74 Å². The van der Waals surface area contributed by atoms with Gasteiger partial charge in [-0.3, -0.25) is 9.59 Å². The Labute approximate surface area is 275 Å². The number of nitrogens with zero attached hydrogens (tertiary/aromatic N) is 1. The van der Waals surface area contributed by atoms with Gasteiger partial charge in [-0.25, -0.2) is 4.79 Å². The van der Waals surface area contributed by atoms with Crippen LogP contribution in [0.15, 0.2) is 67.9 Å². The summed E-state index contributed by atoms with van der Waals surface area (Å²) in [5.74, 6) is -0.658. The molecule has 0 fully saturated rings. The minimum absolute atomic E-state index is 0.0968. The number of ether oxygens (including phenoxy) is 2. The van der Waals surface area contributed by atoms with Crippen LogP contribution in [0.4, 0.5) is 0 Å². The first kappa shape index (κ1) is 32.6. The number of carboxylic acids is 1. The van der Waals surface area contributed by atoms with Crippen LogP contribution in [0.5, 0.6) is 5.75 Å². The molecule has 3 aliphatic rings. The van der Waals surface area contributed by atoms with E-state index in [2.05, 4.69) is 64.5 Å². The molecular weight excluding hydrogens is 690 g/mol. The van der Waals surface area contributed by atoms with Crippen LogP contribution in [-0.2, 0) is 20.9 Å². The number of halogens is 2. The molecule has 0 spiro atoms. The first-order valence-corrected chi connectivity index (χ1v) is 16.5. The minimum atomic E-state index is -0.976. The van der Waals surface area contributed by atoms with E-state index in [9.17, 15) is 19.5 Å². The number of carboxylic acid groups (broad SMARTS) is 1. The maximum Gasteiger partial charge on any atom is 0.335 e. The Morgan fingerprint density at radius 2 is 1.43 bits per heavy atom. The number of carbonyl (C=O) groups is 3. The lowest BCUT2D eigenvalue weighted by molar-refractivity contribution is -0.119. The summed E-state index contributed by atoms with van der Waals surface area (Å²) >= 11 is 7.41. The highest BCUT2D eigenvalue weighted by molar-refractivity contribution is 9.11. The van der Waals surface area contributed by atoms with Gasteiger partial charge in [-0.1, -0.05) is 39.8 Å². The van der Waals surface area contributed by atoms with Crippen molar-refractivity contribution in [2.75, 3.05) is 20.3 Å². The zero-order valence-electron chi connectivity index (χ0n) is 25.9. The van der Waals surface area contributed by atoms with Crippen molar-refractivity contribution in [3.63, 3.8) is 0 Å². The topological polar surface area (TPSA) is 93.1 Å². The van der Waals surface area contributed by atoms with Gasteiger partial charge in [0.1, 0.15) is 12.4 Å². The lowest BCUT2D eigenvalue weighted by Crippen LogP contribution is -2.44. The number of carbonyl (C=O) groups excluding carboxylic acids is 2. The summed E-state index contributed by atoms with van der Waals surface area (Å²) in [5, 5.41) is 9.18. The largest absolute Gasteiger partial charge is 0.487 e. The van der Waals surface area contributed by atoms with E-state index >= 15 is 0 Å². The third-order valence-electron chi connectivity index (χ3n) is 8.69. The quantitative estimate of drug-likeness (QED) is 0.260. The Kier molecular flexibility index (Phi) is 9.32. The second kappa shape index (κ2) is 12.6. The zero-order valence-corrected chi connectivity index (χ0v) is 29.1. The molecule has 5 rings (SSSR count). The maximum absolute atomic E-state index is 14.0. The Bertz CT molecular complexity index is 1490. The summed E-state index contributed by atoms with van der Waals surface area (Å²) in [6, 6.07) is 10.5. The highest BCUT2D eigenvalue weighted by Gasteiger charge is 2.49. The standard InChI is InChI=1S/C35H39Br2NO6/c1-34(2)15-25-30(27(39)17-34)29(31-26(38(25)11-6-12-43-5)16-35(3,4)18-28(31)40)22-13-23(36)32(24(37)14-22)44-19-20-7-9-21(10-8-20)33(41)42/h7-10,13-14,29H,6,11-12,15-19H2,1-5H3,(H,41,42). The molecule has 0 amide bonds. The maximum atomic E-state index is 14.0. The van der Waals surface area contributed by atoms with E-state index in [4.69, 9.17) is 9.47 Å². The molecule has 0 saturated heterocycles. The lowest BCUT2D eigenvalue weighted by Gasteiger charge is -2.49. The third kappa shape index (κ3) is 6.60. The van der Waals surface area contributed by atoms with Gasteiger partial charge >= 0.3 is 5.97 Å². The van der Waals surface area contributed by atoms with E-state index < -0.39 is 11.9 Å². The molecule has 234 valence electrons. The smallest absolute Gasteiger partial charge is 0.335 e. The second-order valence-electron chi connectivity index (χ2n) is 13.6. The molecule has 1 aliphatic heterocycles. The summed E-state index contributed by atoms with van der Waals surface area (Å²) in [6.07, 6.45) is 3.17. The van der Waals surface area contributed by atoms with Crippen LogP contribution in [0.1, 0.15) is 87.2 Å². The van der Waals surface area contributed by atoms with Crippen LogP contribution in [0.2, 0.25) is 0 Å². The number of Topliss-reactive ketones (excluding diaryl/α,β-unsaturated/α-hetero) is 2. The number of hydrogen-bond acceptors (Lipinski definition) is 6. The normalized spacial score (nSPS) is 19.7. The van der Waals surface area contributed by atoms with Crippen LogP contribution in [-0.4, -0.2) is 47.8 Å². The Morgan fingerprint density at radius 3 is 1.91 bits per heavy atom. The monoisotopic (exact) mass is 727 g/mol. The highest BCUT2D eigenvalue weighted by atomic mass is 79.9. The molecule has 0 radical (unpaired) electrons. The van der Waals surface area contributed by atoms with Crippen LogP contribution in [0.3, 0.4) is 0 Å². The zero-order chi connectivity index (χ0) is 32.0. The first-order chi connectivity index (χ1) is 20.7. The molecular formula is C35H39Br2NO6. The van der Waals surface area contributed by atoms with Gasteiger partial charge in [0, 0.05) is 61.6 Å². The predicted octanol–water partition coefficient (Wildman–Crippen LogP) is 8.21. The molecule has 0 unspecified atom stereocenters. The fourth-order valence-electron chi connectivity index (χ4n) is 6.80. The average Bonchev–Trinajstić information content (AvgIpc) is 2.92. The van der Waals surface area contributed by atoms with E-state index in [-0.39, 0.29) is 34.6 Å². The molecule has 0 atom stereocenters. The number of allylic oxidation sites excluding steroid dienone is 4. The van der Waals surface area contributed by atoms with Gasteiger partial charge in [-0.2, -0.15) is 0 Å². The van der Waals surface area contributed by atoms with E-state index in [0.29, 0.717) is 40.7 Å². The molecule has 0 saturated carbocycles. The van der Waals surface area contributed by atoms with E-state index in [1.165, 1.54) is 0 Å².